The lowest BCUT2D eigenvalue weighted by Crippen LogP contribution is -2.44. The maximum atomic E-state index is 12.9. The largest absolute Gasteiger partial charge is 0.471 e. The molecule has 0 radical (unpaired) electrons. The Balaban J connectivity index is 1.48. The highest BCUT2D eigenvalue weighted by molar-refractivity contribution is 5.97. The van der Waals surface area contributed by atoms with E-state index in [0.717, 1.165) is 27.2 Å². The summed E-state index contributed by atoms with van der Waals surface area (Å²) in [7, 11) is 0. The summed E-state index contributed by atoms with van der Waals surface area (Å²) in [6.45, 7) is 0.762. The van der Waals surface area contributed by atoms with Crippen molar-refractivity contribution in [2.24, 2.45) is 0 Å². The number of amides is 2. The molecule has 0 aromatic heterocycles. The van der Waals surface area contributed by atoms with Crippen LogP contribution in [0.3, 0.4) is 0 Å². The lowest BCUT2D eigenvalue weighted by molar-refractivity contribution is -0.185. The minimum atomic E-state index is -4.88. The molecule has 0 spiro atoms. The maximum Gasteiger partial charge on any atom is 0.471 e. The molecule has 5 rings (SSSR count). The zero-order chi connectivity index (χ0) is 24.0. The molecule has 2 fully saturated rings. The topological polar surface area (TPSA) is 70.1 Å². The van der Waals surface area contributed by atoms with Gasteiger partial charge < -0.3 is 19.6 Å². The van der Waals surface area contributed by atoms with E-state index in [9.17, 15) is 27.9 Å². The Morgan fingerprint density at radius 2 is 1.65 bits per heavy atom. The zero-order valence-corrected chi connectivity index (χ0v) is 18.3. The lowest BCUT2D eigenvalue weighted by Gasteiger charge is -2.32. The number of ether oxygens (including phenoxy) is 1. The van der Waals surface area contributed by atoms with Crippen LogP contribution in [0.2, 0.25) is 0 Å². The molecule has 0 unspecified atom stereocenters. The average Bonchev–Trinajstić information content (AvgIpc) is 3.27. The van der Waals surface area contributed by atoms with E-state index in [1.807, 2.05) is 24.3 Å². The summed E-state index contributed by atoms with van der Waals surface area (Å²) in [5.74, 6) is -0.886. The fourth-order valence-corrected chi connectivity index (χ4v) is 4.87. The zero-order valence-electron chi connectivity index (χ0n) is 18.3. The molecular weight excluding hydrogens is 449 g/mol. The summed E-state index contributed by atoms with van der Waals surface area (Å²) in [5.41, 5.74) is 3.88. The Morgan fingerprint density at radius 3 is 2.32 bits per heavy atom. The van der Waals surface area contributed by atoms with Crippen LogP contribution in [0.25, 0.3) is 5.57 Å². The average molecular weight is 472 g/mol. The molecule has 9 heteroatoms. The van der Waals surface area contributed by atoms with Crippen LogP contribution >= 0.6 is 0 Å². The molecule has 1 N–H and O–H groups in total. The Labute approximate surface area is 194 Å². The third-order valence-corrected chi connectivity index (χ3v) is 6.58. The number of carbonyl (C=O) groups is 2. The molecule has 2 amide bonds. The van der Waals surface area contributed by atoms with Crippen LogP contribution in [0.1, 0.15) is 40.7 Å². The lowest BCUT2D eigenvalue weighted by atomic mass is 9.85. The molecule has 3 aliphatic rings. The molecule has 0 aliphatic carbocycles. The SMILES string of the molecule is O=C(c1ccc2c(c1)Oc1ccccc1C2=C1CCN(C(=O)C(F)(F)F)CC1)N1CC[C@H](O)C1. The van der Waals surface area contributed by atoms with Crippen molar-refractivity contribution < 1.29 is 32.6 Å². The summed E-state index contributed by atoms with van der Waals surface area (Å²) in [5, 5.41) is 9.76. The van der Waals surface area contributed by atoms with E-state index in [-0.39, 0.29) is 19.0 Å². The van der Waals surface area contributed by atoms with Gasteiger partial charge in [-0.15, -0.1) is 0 Å². The first-order valence-electron chi connectivity index (χ1n) is 11.2. The fraction of sp³-hybridized carbons (Fsp3) is 0.360. The summed E-state index contributed by atoms with van der Waals surface area (Å²) in [6.07, 6.45) is -4.22. The molecule has 178 valence electrons. The number of aliphatic hydroxyl groups is 1. The molecule has 2 saturated heterocycles. The highest BCUT2D eigenvalue weighted by atomic mass is 19.4. The Morgan fingerprint density at radius 1 is 0.941 bits per heavy atom. The predicted molar refractivity (Wildman–Crippen MR) is 117 cm³/mol. The second kappa shape index (κ2) is 8.47. The molecular formula is C25H23F3N2O4. The molecule has 2 aromatic rings. The number of likely N-dealkylation sites (tertiary alicyclic amines) is 2. The van der Waals surface area contributed by atoms with Gasteiger partial charge in [0, 0.05) is 42.9 Å². The van der Waals surface area contributed by atoms with Crippen LogP contribution in [0.5, 0.6) is 11.5 Å². The smallest absolute Gasteiger partial charge is 0.456 e. The van der Waals surface area contributed by atoms with Gasteiger partial charge in [-0.05, 0) is 49.1 Å². The summed E-state index contributed by atoms with van der Waals surface area (Å²) >= 11 is 0. The van der Waals surface area contributed by atoms with Crippen LogP contribution in [0.15, 0.2) is 48.0 Å². The van der Waals surface area contributed by atoms with Gasteiger partial charge in [-0.1, -0.05) is 23.8 Å². The number of benzene rings is 2. The van der Waals surface area contributed by atoms with Gasteiger partial charge >= 0.3 is 12.1 Å². The number of para-hydroxylation sites is 1. The monoisotopic (exact) mass is 472 g/mol. The van der Waals surface area contributed by atoms with Crippen LogP contribution in [-0.2, 0) is 4.79 Å². The van der Waals surface area contributed by atoms with Crippen molar-refractivity contribution in [3.05, 3.63) is 64.7 Å². The van der Waals surface area contributed by atoms with Crippen molar-refractivity contribution in [1.29, 1.82) is 0 Å². The Kier molecular flexibility index (Phi) is 5.59. The van der Waals surface area contributed by atoms with E-state index in [2.05, 4.69) is 0 Å². The standard InChI is InChI=1S/C25H23F3N2O4/c26-25(27,28)24(33)29-10-7-15(8-11-29)22-18-3-1-2-4-20(18)34-21-13-16(5-6-19(21)22)23(32)30-12-9-17(31)14-30/h1-6,13,17,31H,7-12,14H2/t17-/m0/s1. The first-order chi connectivity index (χ1) is 16.2. The van der Waals surface area contributed by atoms with Crippen LogP contribution in [0.4, 0.5) is 13.2 Å². The van der Waals surface area contributed by atoms with Crippen molar-refractivity contribution in [2.75, 3.05) is 26.2 Å². The highest BCUT2D eigenvalue weighted by Crippen LogP contribution is 2.47. The summed E-state index contributed by atoms with van der Waals surface area (Å²) < 4.78 is 44.7. The van der Waals surface area contributed by atoms with Gasteiger partial charge in [-0.3, -0.25) is 9.59 Å². The second-order valence-electron chi connectivity index (χ2n) is 8.77. The minimum absolute atomic E-state index is 0.0105. The molecule has 34 heavy (non-hydrogen) atoms. The fourth-order valence-electron chi connectivity index (χ4n) is 4.87. The molecule has 6 nitrogen and oxygen atoms in total. The summed E-state index contributed by atoms with van der Waals surface area (Å²) in [6, 6.07) is 12.6. The highest BCUT2D eigenvalue weighted by Gasteiger charge is 2.43. The second-order valence-corrected chi connectivity index (χ2v) is 8.77. The van der Waals surface area contributed by atoms with Crippen LogP contribution < -0.4 is 4.74 Å². The number of aliphatic hydroxyl groups excluding tert-OH is 1. The molecule has 0 bridgehead atoms. The normalized spacial score (nSPS) is 20.1. The number of alkyl halides is 3. The number of piperidine rings is 1. The number of hydrogen-bond donors (Lipinski definition) is 1. The van der Waals surface area contributed by atoms with Crippen molar-refractivity contribution >= 4 is 17.4 Å². The van der Waals surface area contributed by atoms with Crippen molar-refractivity contribution in [3.63, 3.8) is 0 Å². The summed E-state index contributed by atoms with van der Waals surface area (Å²) in [4.78, 5) is 27.0. The van der Waals surface area contributed by atoms with Gasteiger partial charge in [0.25, 0.3) is 5.91 Å². The molecule has 2 aromatic carbocycles. The first kappa shape index (κ1) is 22.5. The molecule has 3 heterocycles. The number of hydrogen-bond acceptors (Lipinski definition) is 4. The number of halogens is 3. The van der Waals surface area contributed by atoms with Crippen LogP contribution in [0, 0.1) is 0 Å². The quantitative estimate of drug-likeness (QED) is 0.582. The number of nitrogens with zero attached hydrogens (tertiary/aromatic N) is 2. The van der Waals surface area contributed by atoms with E-state index < -0.39 is 18.2 Å². The third kappa shape index (κ3) is 4.04. The van der Waals surface area contributed by atoms with Crippen LogP contribution in [-0.4, -0.2) is 65.2 Å². The van der Waals surface area contributed by atoms with Gasteiger partial charge in [0.15, 0.2) is 0 Å². The number of rotatable bonds is 1. The number of β-amino-alcohol motifs (C(OH)–C–C–N with tert-alkyl or cyclic N) is 1. The number of carbonyl (C=O) groups excluding carboxylic acids is 2. The van der Waals surface area contributed by atoms with Gasteiger partial charge in [-0.25, -0.2) is 0 Å². The maximum absolute atomic E-state index is 12.9. The van der Waals surface area contributed by atoms with Crippen molar-refractivity contribution in [2.45, 2.75) is 31.5 Å². The minimum Gasteiger partial charge on any atom is -0.456 e. The molecule has 3 aliphatic heterocycles. The molecule has 0 saturated carbocycles. The van der Waals surface area contributed by atoms with E-state index in [0.29, 0.717) is 49.4 Å². The number of fused-ring (bicyclic) bond motifs is 2. The molecule has 1 atom stereocenters. The van der Waals surface area contributed by atoms with E-state index in [1.54, 1.807) is 23.1 Å². The van der Waals surface area contributed by atoms with Gasteiger partial charge in [0.05, 0.1) is 6.10 Å². The Hall–Kier alpha value is -3.33. The van der Waals surface area contributed by atoms with Crippen molar-refractivity contribution in [1.82, 2.24) is 9.80 Å². The predicted octanol–water partition coefficient (Wildman–Crippen LogP) is 3.99. The van der Waals surface area contributed by atoms with Crippen molar-refractivity contribution in [3.8, 4) is 11.5 Å². The van der Waals surface area contributed by atoms with Gasteiger partial charge in [0.2, 0.25) is 0 Å². The van der Waals surface area contributed by atoms with E-state index in [4.69, 9.17) is 4.74 Å². The van der Waals surface area contributed by atoms with Gasteiger partial charge in [-0.2, -0.15) is 13.2 Å². The Bertz CT molecular complexity index is 1180. The van der Waals surface area contributed by atoms with E-state index in [1.165, 1.54) is 0 Å². The first-order valence-corrected chi connectivity index (χ1v) is 11.2. The van der Waals surface area contributed by atoms with Gasteiger partial charge in [0.1, 0.15) is 11.5 Å². The van der Waals surface area contributed by atoms with E-state index >= 15 is 0 Å². The third-order valence-electron chi connectivity index (χ3n) is 6.58.